The van der Waals surface area contributed by atoms with Crippen LogP contribution in [0.15, 0.2) is 9.98 Å². The molecule has 2 aliphatic rings. The first-order valence-corrected chi connectivity index (χ1v) is 8.04. The average Bonchev–Trinajstić information content (AvgIpc) is 2.75. The van der Waals surface area contributed by atoms with Crippen molar-refractivity contribution in [3.63, 3.8) is 0 Å². The van der Waals surface area contributed by atoms with Crippen LogP contribution in [0.5, 0.6) is 0 Å². The minimum Gasteiger partial charge on any atom is -1.00 e. The molecule has 0 spiro atoms. The summed E-state index contributed by atoms with van der Waals surface area (Å²) in [6.45, 7) is 17.2. The maximum absolute atomic E-state index is 6.04. The zero-order valence-electron chi connectivity index (χ0n) is 15.8. The van der Waals surface area contributed by atoms with Crippen LogP contribution < -0.4 is 34.0 Å². The third-order valence-electron chi connectivity index (χ3n) is 4.32. The quantitative estimate of drug-likeness (QED) is 0.368. The van der Waals surface area contributed by atoms with Crippen LogP contribution >= 0.6 is 0 Å². The molecule has 7 heteroatoms. The number of halogens is 2. The second-order valence-electron chi connectivity index (χ2n) is 8.01. The maximum Gasteiger partial charge on any atom is 2.00 e. The Labute approximate surface area is 181 Å². The summed E-state index contributed by atoms with van der Waals surface area (Å²) in [5, 5.41) is 0. The molecule has 0 saturated heterocycles. The second-order valence-corrected chi connectivity index (χ2v) is 8.01. The summed E-state index contributed by atoms with van der Waals surface area (Å²) in [6, 6.07) is 0.395. The predicted octanol–water partition coefficient (Wildman–Crippen LogP) is -2.15. The topological polar surface area (TPSA) is 43.2 Å². The Hall–Kier alpha value is 0.562. The van der Waals surface area contributed by atoms with Crippen molar-refractivity contribution in [2.75, 3.05) is 0 Å². The monoisotopic (exact) mass is 558 g/mol. The van der Waals surface area contributed by atoms with Gasteiger partial charge in [-0.25, -0.2) is 9.98 Å². The molecule has 0 aliphatic carbocycles. The number of hydrogen-bond acceptors (Lipinski definition) is 4. The molecular weight excluding hydrogens is 530 g/mol. The molecule has 0 aromatic rings. The minimum absolute atomic E-state index is 0. The van der Waals surface area contributed by atoms with Gasteiger partial charge in [0, 0.05) is 0 Å². The zero-order valence-corrected chi connectivity index (χ0v) is 20.5. The van der Waals surface area contributed by atoms with Crippen LogP contribution in [0.4, 0.5) is 0 Å². The zero-order chi connectivity index (χ0) is 16.0. The van der Waals surface area contributed by atoms with E-state index in [2.05, 4.69) is 55.4 Å². The Morgan fingerprint density at radius 3 is 1.29 bits per heavy atom. The molecule has 4 nitrogen and oxygen atoms in total. The van der Waals surface area contributed by atoms with Gasteiger partial charge in [-0.05, 0) is 39.5 Å². The summed E-state index contributed by atoms with van der Waals surface area (Å²) in [7, 11) is 0. The number of ether oxygens (including phenoxy) is 2. The standard InChI is InChI=1S/C17H30N2O2.2BrH.Pd/c1-10(2)14-16(5,6)20-12(18-14)9-13-19-15(11(3)4)17(7,8)21-13;;;/h10-11,14-15H,9H2,1-8H3;2*1H;/q;;;+2/p-2/t14-,15-;;;/m1.../s1. The molecule has 0 aromatic heterocycles. The van der Waals surface area contributed by atoms with E-state index in [1.807, 2.05) is 0 Å². The molecule has 0 bridgehead atoms. The Bertz CT molecular complexity index is 435. The molecular formula is C17H30Br2N2O2Pd. The average molecular weight is 561 g/mol. The van der Waals surface area contributed by atoms with E-state index in [0.717, 1.165) is 11.8 Å². The molecule has 0 fully saturated rings. The summed E-state index contributed by atoms with van der Waals surface area (Å²) >= 11 is 0. The van der Waals surface area contributed by atoms with Gasteiger partial charge in [0.1, 0.15) is 11.2 Å². The fourth-order valence-corrected chi connectivity index (χ4v) is 3.60. The van der Waals surface area contributed by atoms with Gasteiger partial charge in [0.25, 0.3) is 0 Å². The SMILES string of the molecule is CC(C)[C@H]1N=C(CC2=N[C@H](C(C)C)C(C)(C)O2)OC1(C)C.[Br-].[Br-].[Pd+2]. The molecule has 2 aliphatic heterocycles. The van der Waals surface area contributed by atoms with Gasteiger partial charge in [0.15, 0.2) is 11.8 Å². The van der Waals surface area contributed by atoms with Gasteiger partial charge in [-0.1, -0.05) is 27.7 Å². The van der Waals surface area contributed by atoms with E-state index in [1.54, 1.807) is 0 Å². The molecule has 0 unspecified atom stereocenters. The van der Waals surface area contributed by atoms with E-state index in [9.17, 15) is 0 Å². The Balaban J connectivity index is 0. The number of hydrogen-bond donors (Lipinski definition) is 0. The van der Waals surface area contributed by atoms with Crippen LogP contribution in [-0.2, 0) is 29.9 Å². The fraction of sp³-hybridized carbons (Fsp3) is 0.882. The van der Waals surface area contributed by atoms with Gasteiger partial charge < -0.3 is 43.4 Å². The van der Waals surface area contributed by atoms with Crippen LogP contribution in [0, 0.1) is 11.8 Å². The van der Waals surface area contributed by atoms with Gasteiger partial charge in [-0.2, -0.15) is 0 Å². The Morgan fingerprint density at radius 2 is 1.08 bits per heavy atom. The molecule has 0 radical (unpaired) electrons. The van der Waals surface area contributed by atoms with E-state index in [-0.39, 0.29) is 77.7 Å². The summed E-state index contributed by atoms with van der Waals surface area (Å²) in [6.07, 6.45) is 0.569. The number of nitrogens with zero attached hydrogens (tertiary/aromatic N) is 2. The minimum atomic E-state index is -0.240. The van der Waals surface area contributed by atoms with Crippen LogP contribution in [0.25, 0.3) is 0 Å². The summed E-state index contributed by atoms with van der Waals surface area (Å²) in [4.78, 5) is 9.51. The smallest absolute Gasteiger partial charge is 1.00 e. The third kappa shape index (κ3) is 5.79. The van der Waals surface area contributed by atoms with E-state index in [1.165, 1.54) is 0 Å². The summed E-state index contributed by atoms with van der Waals surface area (Å²) in [5.74, 6) is 2.45. The largest absolute Gasteiger partial charge is 2.00 e. The van der Waals surface area contributed by atoms with Crippen LogP contribution in [0.2, 0.25) is 0 Å². The molecule has 2 heterocycles. The van der Waals surface area contributed by atoms with Crippen molar-refractivity contribution >= 4 is 11.8 Å². The third-order valence-corrected chi connectivity index (χ3v) is 4.32. The number of aliphatic imine (C=N–C) groups is 2. The Morgan fingerprint density at radius 1 is 0.792 bits per heavy atom. The first-order chi connectivity index (χ1) is 9.53. The van der Waals surface area contributed by atoms with E-state index >= 15 is 0 Å². The van der Waals surface area contributed by atoms with Crippen LogP contribution in [-0.4, -0.2) is 35.1 Å². The molecule has 0 amide bonds. The molecule has 2 atom stereocenters. The van der Waals surface area contributed by atoms with Gasteiger partial charge in [0.05, 0.1) is 18.5 Å². The van der Waals surface area contributed by atoms with Crippen molar-refractivity contribution in [1.29, 1.82) is 0 Å². The van der Waals surface area contributed by atoms with Crippen molar-refractivity contribution in [3.05, 3.63) is 0 Å². The first kappa shape index (κ1) is 26.8. The first-order valence-electron chi connectivity index (χ1n) is 8.04. The van der Waals surface area contributed by atoms with Gasteiger partial charge >= 0.3 is 20.4 Å². The van der Waals surface area contributed by atoms with Crippen molar-refractivity contribution in [3.8, 4) is 0 Å². The van der Waals surface area contributed by atoms with E-state index in [4.69, 9.17) is 19.5 Å². The molecule has 2 rings (SSSR count). The predicted molar refractivity (Wildman–Crippen MR) is 87.1 cm³/mol. The van der Waals surface area contributed by atoms with Gasteiger partial charge in [-0.15, -0.1) is 0 Å². The summed E-state index contributed by atoms with van der Waals surface area (Å²) in [5.41, 5.74) is -0.481. The van der Waals surface area contributed by atoms with Crippen molar-refractivity contribution in [2.24, 2.45) is 21.8 Å². The summed E-state index contributed by atoms with van der Waals surface area (Å²) < 4.78 is 12.1. The second kappa shape index (κ2) is 9.48. The molecule has 0 N–H and O–H groups in total. The van der Waals surface area contributed by atoms with E-state index < -0.39 is 0 Å². The van der Waals surface area contributed by atoms with Crippen molar-refractivity contribution in [2.45, 2.75) is 85.1 Å². The van der Waals surface area contributed by atoms with Crippen LogP contribution in [0.1, 0.15) is 61.8 Å². The van der Waals surface area contributed by atoms with Gasteiger partial charge in [-0.3, -0.25) is 0 Å². The van der Waals surface area contributed by atoms with E-state index in [0.29, 0.717) is 18.3 Å². The normalized spacial score (nSPS) is 26.4. The molecule has 144 valence electrons. The molecule has 0 saturated carbocycles. The Kier molecular flexibility index (Phi) is 10.6. The molecule has 0 aromatic carbocycles. The fourth-order valence-electron chi connectivity index (χ4n) is 3.60. The van der Waals surface area contributed by atoms with Gasteiger partial charge in [0.2, 0.25) is 0 Å². The molecule has 24 heavy (non-hydrogen) atoms. The van der Waals surface area contributed by atoms with Crippen LogP contribution in [0.3, 0.4) is 0 Å². The maximum atomic E-state index is 6.04. The number of rotatable bonds is 4. The van der Waals surface area contributed by atoms with Crippen molar-refractivity contribution < 1.29 is 63.9 Å². The van der Waals surface area contributed by atoms with Crippen molar-refractivity contribution in [1.82, 2.24) is 0 Å².